The van der Waals surface area contributed by atoms with Crippen LogP contribution in [-0.4, -0.2) is 9.67 Å². The monoisotopic (exact) mass is 445 g/mol. The first-order valence-corrected chi connectivity index (χ1v) is 10.2. The first kappa shape index (κ1) is 21.1. The number of aromatic nitrogens is 1. The number of hydrogen-bond acceptors (Lipinski definition) is 4. The molecule has 0 aliphatic carbocycles. The molecule has 0 aliphatic heterocycles. The summed E-state index contributed by atoms with van der Waals surface area (Å²) in [6.07, 6.45) is 1.60. The van der Waals surface area contributed by atoms with Crippen LogP contribution in [0.25, 0.3) is 21.2 Å². The van der Waals surface area contributed by atoms with Gasteiger partial charge in [-0.25, -0.2) is 13.2 Å². The number of thiophene rings is 1. The van der Waals surface area contributed by atoms with Crippen molar-refractivity contribution in [2.24, 2.45) is 7.05 Å². The maximum absolute atomic E-state index is 14.2. The Bertz CT molecular complexity index is 1350. The smallest absolute Gasteiger partial charge is 0.268 e. The zero-order valence-corrected chi connectivity index (χ0v) is 17.7. The van der Waals surface area contributed by atoms with Gasteiger partial charge < -0.3 is 14.4 Å². The Morgan fingerprint density at radius 1 is 1.03 bits per heavy atom. The number of pyridine rings is 1. The fourth-order valence-corrected chi connectivity index (χ4v) is 4.22. The predicted molar refractivity (Wildman–Crippen MR) is 114 cm³/mol. The molecule has 2 aromatic heterocycles. The molecule has 0 unspecified atom stereocenters. The SMILES string of the molecule is Cn1cc(-c2cc(C(C)(C)O)ccc2Oc2c(F)cc(F)cc2F)c2ccsc2c1=O. The molecule has 4 aromatic rings. The highest BCUT2D eigenvalue weighted by Crippen LogP contribution is 2.41. The average molecular weight is 445 g/mol. The molecule has 0 bridgehead atoms. The fraction of sp³-hybridized carbons (Fsp3) is 0.174. The van der Waals surface area contributed by atoms with Gasteiger partial charge >= 0.3 is 0 Å². The number of hydrogen-bond donors (Lipinski definition) is 1. The minimum atomic E-state index is -1.20. The van der Waals surface area contributed by atoms with Crippen molar-refractivity contribution in [1.29, 1.82) is 0 Å². The summed E-state index contributed by atoms with van der Waals surface area (Å²) in [5.74, 6) is -4.08. The van der Waals surface area contributed by atoms with Crippen LogP contribution in [0, 0.1) is 17.5 Å². The largest absolute Gasteiger partial charge is 0.451 e. The van der Waals surface area contributed by atoms with E-state index >= 15 is 0 Å². The molecule has 31 heavy (non-hydrogen) atoms. The van der Waals surface area contributed by atoms with Crippen molar-refractivity contribution in [2.45, 2.75) is 19.4 Å². The molecule has 160 valence electrons. The molecular formula is C23H18F3NO3S. The summed E-state index contributed by atoms with van der Waals surface area (Å²) in [4.78, 5) is 12.5. The van der Waals surface area contributed by atoms with Gasteiger partial charge in [-0.2, -0.15) is 0 Å². The second kappa shape index (κ2) is 7.55. The van der Waals surface area contributed by atoms with Crippen molar-refractivity contribution in [1.82, 2.24) is 4.57 Å². The summed E-state index contributed by atoms with van der Waals surface area (Å²) in [7, 11) is 1.60. The molecule has 1 N–H and O–H groups in total. The Hall–Kier alpha value is -3.10. The molecule has 4 nitrogen and oxygen atoms in total. The Morgan fingerprint density at radius 2 is 1.71 bits per heavy atom. The Kier molecular flexibility index (Phi) is 5.15. The third kappa shape index (κ3) is 3.84. The molecule has 2 aromatic carbocycles. The number of ether oxygens (including phenoxy) is 1. The quantitative estimate of drug-likeness (QED) is 0.438. The normalized spacial score (nSPS) is 11.8. The van der Waals surface area contributed by atoms with Crippen LogP contribution in [0.3, 0.4) is 0 Å². The summed E-state index contributed by atoms with van der Waals surface area (Å²) < 4.78 is 49.2. The number of benzene rings is 2. The molecule has 0 fully saturated rings. The van der Waals surface area contributed by atoms with E-state index in [0.717, 1.165) is 0 Å². The van der Waals surface area contributed by atoms with Crippen LogP contribution >= 0.6 is 11.3 Å². The lowest BCUT2D eigenvalue weighted by Gasteiger charge is -2.21. The molecule has 0 radical (unpaired) electrons. The second-order valence-corrected chi connectivity index (χ2v) is 8.61. The van der Waals surface area contributed by atoms with E-state index in [0.29, 0.717) is 38.9 Å². The number of rotatable bonds is 4. The number of fused-ring (bicyclic) bond motifs is 1. The van der Waals surface area contributed by atoms with E-state index in [9.17, 15) is 23.1 Å². The summed E-state index contributed by atoms with van der Waals surface area (Å²) in [6.45, 7) is 3.21. The number of halogens is 3. The van der Waals surface area contributed by atoms with Gasteiger partial charge in [0.2, 0.25) is 0 Å². The van der Waals surface area contributed by atoms with Gasteiger partial charge in [-0.15, -0.1) is 11.3 Å². The van der Waals surface area contributed by atoms with Gasteiger partial charge in [0.05, 0.1) is 5.60 Å². The van der Waals surface area contributed by atoms with Crippen molar-refractivity contribution >= 4 is 21.4 Å². The lowest BCUT2D eigenvalue weighted by atomic mass is 9.93. The van der Waals surface area contributed by atoms with E-state index in [4.69, 9.17) is 4.74 Å². The number of aliphatic hydroxyl groups is 1. The van der Waals surface area contributed by atoms with Crippen LogP contribution < -0.4 is 10.3 Å². The standard InChI is InChI=1S/C23H18F3NO3S/c1-23(2,29)12-4-5-19(30-20-17(25)9-13(24)10-18(20)26)15(8-12)16-11-27(3)22(28)21-14(16)6-7-31-21/h4-11,29H,1-3H3. The van der Waals surface area contributed by atoms with Crippen LogP contribution in [-0.2, 0) is 12.6 Å². The van der Waals surface area contributed by atoms with Crippen molar-refractivity contribution in [3.63, 3.8) is 0 Å². The van der Waals surface area contributed by atoms with Gasteiger partial charge in [-0.05, 0) is 43.0 Å². The van der Waals surface area contributed by atoms with E-state index < -0.39 is 28.8 Å². The summed E-state index contributed by atoms with van der Waals surface area (Å²) in [5, 5.41) is 12.9. The minimum Gasteiger partial charge on any atom is -0.451 e. The molecular weight excluding hydrogens is 427 g/mol. The van der Waals surface area contributed by atoms with Crippen LogP contribution in [0.5, 0.6) is 11.5 Å². The molecule has 8 heteroatoms. The van der Waals surface area contributed by atoms with E-state index in [1.165, 1.54) is 22.0 Å². The van der Waals surface area contributed by atoms with Gasteiger partial charge in [0.15, 0.2) is 17.4 Å². The highest BCUT2D eigenvalue weighted by Gasteiger charge is 2.23. The molecule has 2 heterocycles. The number of aryl methyl sites for hydroxylation is 1. The van der Waals surface area contributed by atoms with Crippen LogP contribution in [0.2, 0.25) is 0 Å². The van der Waals surface area contributed by atoms with Gasteiger partial charge in [-0.3, -0.25) is 4.79 Å². The Labute approximate surface area is 179 Å². The zero-order valence-electron chi connectivity index (χ0n) is 16.9. The molecule has 0 atom stereocenters. The Morgan fingerprint density at radius 3 is 2.35 bits per heavy atom. The zero-order chi connectivity index (χ0) is 22.5. The lowest BCUT2D eigenvalue weighted by Crippen LogP contribution is -2.16. The van der Waals surface area contributed by atoms with Crippen molar-refractivity contribution in [3.8, 4) is 22.6 Å². The molecule has 0 amide bonds. The Balaban J connectivity index is 1.98. The van der Waals surface area contributed by atoms with E-state index in [2.05, 4.69) is 0 Å². The van der Waals surface area contributed by atoms with E-state index in [-0.39, 0.29) is 11.3 Å². The maximum atomic E-state index is 14.2. The maximum Gasteiger partial charge on any atom is 0.268 e. The summed E-state index contributed by atoms with van der Waals surface area (Å²) >= 11 is 1.28. The third-order valence-electron chi connectivity index (χ3n) is 4.94. The van der Waals surface area contributed by atoms with Gasteiger partial charge in [0, 0.05) is 41.9 Å². The molecule has 0 saturated carbocycles. The van der Waals surface area contributed by atoms with Crippen LogP contribution in [0.1, 0.15) is 19.4 Å². The van der Waals surface area contributed by atoms with Crippen LogP contribution in [0.15, 0.2) is 52.8 Å². The molecule has 0 aliphatic rings. The fourth-order valence-electron chi connectivity index (χ4n) is 3.33. The molecule has 0 saturated heterocycles. The van der Waals surface area contributed by atoms with Crippen molar-refractivity contribution in [3.05, 3.63) is 81.3 Å². The topological polar surface area (TPSA) is 51.5 Å². The second-order valence-electron chi connectivity index (χ2n) is 7.69. The first-order chi connectivity index (χ1) is 14.6. The molecule has 0 spiro atoms. The van der Waals surface area contributed by atoms with Crippen molar-refractivity contribution in [2.75, 3.05) is 0 Å². The summed E-state index contributed by atoms with van der Waals surface area (Å²) in [5.41, 5.74) is 0.162. The minimum absolute atomic E-state index is 0.0866. The van der Waals surface area contributed by atoms with Gasteiger partial charge in [0.1, 0.15) is 16.3 Å². The molecule has 4 rings (SSSR count). The predicted octanol–water partition coefficient (Wildman–Crippen LogP) is 5.70. The highest BCUT2D eigenvalue weighted by atomic mass is 32.1. The lowest BCUT2D eigenvalue weighted by molar-refractivity contribution is 0.0786. The van der Waals surface area contributed by atoms with E-state index in [1.807, 2.05) is 0 Å². The van der Waals surface area contributed by atoms with Crippen LogP contribution in [0.4, 0.5) is 13.2 Å². The highest BCUT2D eigenvalue weighted by molar-refractivity contribution is 7.17. The number of nitrogens with zero attached hydrogens (tertiary/aromatic N) is 1. The van der Waals surface area contributed by atoms with Gasteiger partial charge in [0.25, 0.3) is 5.56 Å². The average Bonchev–Trinajstić information content (AvgIpc) is 3.17. The third-order valence-corrected chi connectivity index (χ3v) is 5.85. The van der Waals surface area contributed by atoms with Crippen molar-refractivity contribution < 1.29 is 23.0 Å². The van der Waals surface area contributed by atoms with E-state index in [1.54, 1.807) is 50.7 Å². The van der Waals surface area contributed by atoms with Gasteiger partial charge in [-0.1, -0.05) is 6.07 Å². The summed E-state index contributed by atoms with van der Waals surface area (Å²) in [6, 6.07) is 7.54. The first-order valence-electron chi connectivity index (χ1n) is 9.33.